The third-order valence-corrected chi connectivity index (χ3v) is 5.81. The van der Waals surface area contributed by atoms with Crippen molar-refractivity contribution in [2.45, 2.75) is 46.1 Å². The molecule has 1 aromatic carbocycles. The van der Waals surface area contributed by atoms with E-state index < -0.39 is 0 Å². The molecule has 0 fully saturated rings. The van der Waals surface area contributed by atoms with Crippen molar-refractivity contribution in [3.05, 3.63) is 45.2 Å². The number of rotatable bonds is 7. The van der Waals surface area contributed by atoms with E-state index in [1.165, 1.54) is 44.6 Å². The lowest BCUT2D eigenvalue weighted by Crippen LogP contribution is -2.21. The molecule has 1 N–H and O–H groups in total. The van der Waals surface area contributed by atoms with Crippen LogP contribution >= 0.6 is 27.3 Å². The Morgan fingerprint density at radius 1 is 1.14 bits per heavy atom. The molecule has 1 heterocycles. The SMILES string of the molecule is CCCNC(CCC)c1ccc(-c2cccc(Br)c2C)s1. The van der Waals surface area contributed by atoms with Crippen molar-refractivity contribution in [1.29, 1.82) is 0 Å². The topological polar surface area (TPSA) is 12.0 Å². The summed E-state index contributed by atoms with van der Waals surface area (Å²) in [5.41, 5.74) is 2.66. The number of benzene rings is 1. The fourth-order valence-electron chi connectivity index (χ4n) is 2.51. The molecular formula is C18H24BrNS. The Kier molecular flexibility index (Phi) is 6.46. The predicted molar refractivity (Wildman–Crippen MR) is 98.1 cm³/mol. The summed E-state index contributed by atoms with van der Waals surface area (Å²) >= 11 is 5.55. The van der Waals surface area contributed by atoms with Gasteiger partial charge < -0.3 is 5.32 Å². The summed E-state index contributed by atoms with van der Waals surface area (Å²) in [5, 5.41) is 3.68. The van der Waals surface area contributed by atoms with E-state index in [0.29, 0.717) is 6.04 Å². The van der Waals surface area contributed by atoms with Gasteiger partial charge in [-0.1, -0.05) is 48.3 Å². The molecule has 0 radical (unpaired) electrons. The second kappa shape index (κ2) is 8.11. The summed E-state index contributed by atoms with van der Waals surface area (Å²) in [5.74, 6) is 0. The van der Waals surface area contributed by atoms with Crippen LogP contribution < -0.4 is 5.32 Å². The predicted octanol–water partition coefficient (Wildman–Crippen LogP) is 6.33. The monoisotopic (exact) mass is 365 g/mol. The first-order chi connectivity index (χ1) is 10.2. The average molecular weight is 366 g/mol. The standard InChI is InChI=1S/C18H24BrNS/c1-4-7-16(20-12-5-2)18-11-10-17(21-18)14-8-6-9-15(19)13(14)3/h6,8-11,16,20H,4-5,7,12H2,1-3H3. The normalized spacial score (nSPS) is 12.6. The van der Waals surface area contributed by atoms with Gasteiger partial charge in [0.25, 0.3) is 0 Å². The summed E-state index contributed by atoms with van der Waals surface area (Å²) in [7, 11) is 0. The van der Waals surface area contributed by atoms with Crippen LogP contribution in [0.1, 0.15) is 49.6 Å². The third kappa shape index (κ3) is 4.18. The highest BCUT2D eigenvalue weighted by Gasteiger charge is 2.14. The van der Waals surface area contributed by atoms with Crippen LogP contribution in [0.3, 0.4) is 0 Å². The van der Waals surface area contributed by atoms with Gasteiger partial charge in [-0.3, -0.25) is 0 Å². The fraction of sp³-hybridized carbons (Fsp3) is 0.444. The zero-order chi connectivity index (χ0) is 15.2. The van der Waals surface area contributed by atoms with Gasteiger partial charge in [0.05, 0.1) is 0 Å². The van der Waals surface area contributed by atoms with Gasteiger partial charge in [-0.25, -0.2) is 0 Å². The maximum Gasteiger partial charge on any atom is 0.0414 e. The van der Waals surface area contributed by atoms with Crippen molar-refractivity contribution >= 4 is 27.3 Å². The molecule has 0 bridgehead atoms. The molecule has 114 valence electrons. The first kappa shape index (κ1) is 16.7. The van der Waals surface area contributed by atoms with Crippen LogP contribution in [-0.4, -0.2) is 6.54 Å². The van der Waals surface area contributed by atoms with E-state index in [0.717, 1.165) is 6.54 Å². The Morgan fingerprint density at radius 2 is 1.95 bits per heavy atom. The highest BCUT2D eigenvalue weighted by Crippen LogP contribution is 2.36. The molecule has 2 aromatic rings. The van der Waals surface area contributed by atoms with E-state index in [-0.39, 0.29) is 0 Å². The molecule has 0 spiro atoms. The summed E-state index contributed by atoms with van der Waals surface area (Å²) < 4.78 is 1.18. The minimum Gasteiger partial charge on any atom is -0.309 e. The van der Waals surface area contributed by atoms with Gasteiger partial charge in [0.2, 0.25) is 0 Å². The molecule has 1 aromatic heterocycles. The Bertz CT molecular complexity index is 576. The Morgan fingerprint density at radius 3 is 2.67 bits per heavy atom. The van der Waals surface area contributed by atoms with E-state index >= 15 is 0 Å². The van der Waals surface area contributed by atoms with Crippen LogP contribution in [0.2, 0.25) is 0 Å². The smallest absolute Gasteiger partial charge is 0.0414 e. The van der Waals surface area contributed by atoms with E-state index in [4.69, 9.17) is 0 Å². The van der Waals surface area contributed by atoms with Crippen molar-refractivity contribution in [3.63, 3.8) is 0 Å². The molecule has 0 aliphatic rings. The molecule has 2 rings (SSSR count). The van der Waals surface area contributed by atoms with Crippen LogP contribution in [0.4, 0.5) is 0 Å². The van der Waals surface area contributed by atoms with Gasteiger partial charge in [-0.2, -0.15) is 0 Å². The number of thiophene rings is 1. The van der Waals surface area contributed by atoms with E-state index in [1.54, 1.807) is 0 Å². The van der Waals surface area contributed by atoms with Crippen LogP contribution in [0.25, 0.3) is 10.4 Å². The first-order valence-electron chi connectivity index (χ1n) is 7.76. The lowest BCUT2D eigenvalue weighted by molar-refractivity contribution is 0.501. The minimum absolute atomic E-state index is 0.501. The summed E-state index contributed by atoms with van der Waals surface area (Å²) in [4.78, 5) is 2.82. The number of nitrogens with one attached hydrogen (secondary N) is 1. The van der Waals surface area contributed by atoms with Crippen LogP contribution in [0.5, 0.6) is 0 Å². The molecule has 3 heteroatoms. The zero-order valence-corrected chi connectivity index (χ0v) is 15.5. The van der Waals surface area contributed by atoms with Gasteiger partial charge >= 0.3 is 0 Å². The third-order valence-electron chi connectivity index (χ3n) is 3.72. The highest BCUT2D eigenvalue weighted by atomic mass is 79.9. The molecule has 0 saturated carbocycles. The van der Waals surface area contributed by atoms with Crippen molar-refractivity contribution < 1.29 is 0 Å². The molecule has 1 nitrogen and oxygen atoms in total. The van der Waals surface area contributed by atoms with Crippen molar-refractivity contribution in [3.8, 4) is 10.4 Å². The van der Waals surface area contributed by atoms with Crippen molar-refractivity contribution in [2.24, 2.45) is 0 Å². The zero-order valence-electron chi connectivity index (χ0n) is 13.1. The first-order valence-corrected chi connectivity index (χ1v) is 9.36. The summed E-state index contributed by atoms with van der Waals surface area (Å²) in [6.45, 7) is 7.75. The van der Waals surface area contributed by atoms with Crippen LogP contribution in [0, 0.1) is 6.92 Å². The van der Waals surface area contributed by atoms with Gasteiger partial charge in [-0.15, -0.1) is 11.3 Å². The maximum atomic E-state index is 3.68. The lowest BCUT2D eigenvalue weighted by atomic mass is 10.1. The molecule has 0 aliphatic heterocycles. The average Bonchev–Trinajstić information content (AvgIpc) is 2.96. The largest absolute Gasteiger partial charge is 0.309 e. The number of hydrogen-bond acceptors (Lipinski definition) is 2. The molecule has 21 heavy (non-hydrogen) atoms. The number of hydrogen-bond donors (Lipinski definition) is 1. The van der Waals surface area contributed by atoms with Gasteiger partial charge in [0, 0.05) is 20.3 Å². The Balaban J connectivity index is 2.25. The van der Waals surface area contributed by atoms with E-state index in [1.807, 2.05) is 11.3 Å². The molecule has 1 unspecified atom stereocenters. The molecule has 0 amide bonds. The van der Waals surface area contributed by atoms with E-state index in [2.05, 4.69) is 72.3 Å². The van der Waals surface area contributed by atoms with Gasteiger partial charge in [0.1, 0.15) is 0 Å². The summed E-state index contributed by atoms with van der Waals surface area (Å²) in [6.07, 6.45) is 3.60. The minimum atomic E-state index is 0.501. The van der Waals surface area contributed by atoms with Crippen molar-refractivity contribution in [2.75, 3.05) is 6.54 Å². The molecule has 0 saturated heterocycles. The second-order valence-electron chi connectivity index (χ2n) is 5.41. The Labute approximate surface area is 140 Å². The highest BCUT2D eigenvalue weighted by molar-refractivity contribution is 9.10. The van der Waals surface area contributed by atoms with Crippen LogP contribution in [0.15, 0.2) is 34.8 Å². The number of halogens is 1. The lowest BCUT2D eigenvalue weighted by Gasteiger charge is -2.16. The van der Waals surface area contributed by atoms with E-state index in [9.17, 15) is 0 Å². The van der Waals surface area contributed by atoms with Crippen LogP contribution in [-0.2, 0) is 0 Å². The molecule has 0 aliphatic carbocycles. The molecular weight excluding hydrogens is 342 g/mol. The quantitative estimate of drug-likeness (QED) is 0.604. The Hall–Kier alpha value is -0.640. The second-order valence-corrected chi connectivity index (χ2v) is 7.38. The fourth-order valence-corrected chi connectivity index (χ4v) is 4.08. The van der Waals surface area contributed by atoms with Gasteiger partial charge in [0.15, 0.2) is 0 Å². The maximum absolute atomic E-state index is 3.68. The van der Waals surface area contributed by atoms with Crippen molar-refractivity contribution in [1.82, 2.24) is 5.32 Å². The molecule has 1 atom stereocenters. The van der Waals surface area contributed by atoms with Gasteiger partial charge in [-0.05, 0) is 55.6 Å². The summed E-state index contributed by atoms with van der Waals surface area (Å²) in [6, 6.07) is 11.5.